The Labute approximate surface area is 104 Å². The van der Waals surface area contributed by atoms with Crippen LogP contribution in [-0.4, -0.2) is 29.1 Å². The zero-order valence-electron chi connectivity index (χ0n) is 10.00. The van der Waals surface area contributed by atoms with Crippen LogP contribution in [0, 0.1) is 23.0 Å². The molecule has 1 fully saturated rings. The number of aliphatic hydroxyl groups is 1. The van der Waals surface area contributed by atoms with E-state index in [4.69, 9.17) is 5.11 Å². The number of aryl methyl sites for hydroxylation is 1. The fraction of sp³-hybridized carbons (Fsp3) is 0.417. The van der Waals surface area contributed by atoms with Crippen molar-refractivity contribution in [1.82, 2.24) is 0 Å². The van der Waals surface area contributed by atoms with Crippen LogP contribution in [0.15, 0.2) is 18.2 Å². The molecular weight excluding hydrogens is 236 g/mol. The summed E-state index contributed by atoms with van der Waals surface area (Å²) in [5.74, 6) is -0.190. The van der Waals surface area contributed by atoms with E-state index in [1.807, 2.05) is 0 Å². The van der Waals surface area contributed by atoms with Gasteiger partial charge in [0.05, 0.1) is 10.6 Å². The summed E-state index contributed by atoms with van der Waals surface area (Å²) in [5.41, 5.74) is 1.09. The van der Waals surface area contributed by atoms with Gasteiger partial charge in [0.2, 0.25) is 5.91 Å². The summed E-state index contributed by atoms with van der Waals surface area (Å²) in [6.07, 6.45) is 0.290. The molecular formula is C12H14N2O4. The van der Waals surface area contributed by atoms with Crippen LogP contribution in [0.1, 0.15) is 12.0 Å². The van der Waals surface area contributed by atoms with Crippen LogP contribution in [0.5, 0.6) is 0 Å². The van der Waals surface area contributed by atoms with Gasteiger partial charge in [-0.1, -0.05) is 6.07 Å². The van der Waals surface area contributed by atoms with E-state index in [-0.39, 0.29) is 30.5 Å². The van der Waals surface area contributed by atoms with Crippen molar-refractivity contribution < 1.29 is 14.8 Å². The zero-order chi connectivity index (χ0) is 13.3. The number of nitro groups is 1. The lowest BCUT2D eigenvalue weighted by atomic mass is 10.1. The van der Waals surface area contributed by atoms with Gasteiger partial charge in [-0.15, -0.1) is 0 Å². The monoisotopic (exact) mass is 250 g/mol. The van der Waals surface area contributed by atoms with Gasteiger partial charge in [-0.05, 0) is 13.0 Å². The number of anilines is 1. The number of carbonyl (C=O) groups excluding carboxylic acids is 1. The lowest BCUT2D eigenvalue weighted by Crippen LogP contribution is -2.24. The third-order valence-corrected chi connectivity index (χ3v) is 3.16. The van der Waals surface area contributed by atoms with Gasteiger partial charge in [0.1, 0.15) is 0 Å². The highest BCUT2D eigenvalue weighted by Crippen LogP contribution is 2.29. The number of aliphatic hydroxyl groups excluding tert-OH is 1. The van der Waals surface area contributed by atoms with E-state index < -0.39 is 4.92 Å². The standard InChI is InChI=1S/C12H14N2O4/c1-8-2-3-10(5-11(8)14(17)18)13-6-9(7-15)4-12(13)16/h2-3,5,9,15H,4,6-7H2,1H3. The van der Waals surface area contributed by atoms with Crippen LogP contribution in [0.2, 0.25) is 0 Å². The second kappa shape index (κ2) is 4.73. The minimum Gasteiger partial charge on any atom is -0.396 e. The van der Waals surface area contributed by atoms with Crippen molar-refractivity contribution >= 4 is 17.3 Å². The molecule has 0 aromatic heterocycles. The first kappa shape index (κ1) is 12.5. The molecule has 0 spiro atoms. The van der Waals surface area contributed by atoms with Crippen molar-refractivity contribution in [2.45, 2.75) is 13.3 Å². The number of rotatable bonds is 3. The molecule has 1 saturated heterocycles. The highest BCUT2D eigenvalue weighted by Gasteiger charge is 2.30. The van der Waals surface area contributed by atoms with Crippen molar-refractivity contribution in [3.63, 3.8) is 0 Å². The molecule has 1 aromatic carbocycles. The van der Waals surface area contributed by atoms with E-state index in [1.165, 1.54) is 11.0 Å². The van der Waals surface area contributed by atoms with Crippen molar-refractivity contribution in [3.8, 4) is 0 Å². The van der Waals surface area contributed by atoms with Gasteiger partial charge in [-0.2, -0.15) is 0 Å². The van der Waals surface area contributed by atoms with Gasteiger partial charge in [0, 0.05) is 37.1 Å². The third kappa shape index (κ3) is 2.19. The highest BCUT2D eigenvalue weighted by molar-refractivity contribution is 5.96. The number of hydrogen-bond donors (Lipinski definition) is 1. The Morgan fingerprint density at radius 3 is 2.83 bits per heavy atom. The van der Waals surface area contributed by atoms with E-state index in [0.717, 1.165) is 0 Å². The van der Waals surface area contributed by atoms with E-state index >= 15 is 0 Å². The molecule has 1 aromatic rings. The van der Waals surface area contributed by atoms with E-state index in [9.17, 15) is 14.9 Å². The first-order valence-corrected chi connectivity index (χ1v) is 5.69. The number of nitrogens with zero attached hydrogens (tertiary/aromatic N) is 2. The highest BCUT2D eigenvalue weighted by atomic mass is 16.6. The van der Waals surface area contributed by atoms with E-state index in [1.54, 1.807) is 19.1 Å². The Balaban J connectivity index is 2.32. The van der Waals surface area contributed by atoms with Crippen molar-refractivity contribution in [1.29, 1.82) is 0 Å². The first-order valence-electron chi connectivity index (χ1n) is 5.69. The Morgan fingerprint density at radius 2 is 2.28 bits per heavy atom. The molecule has 0 saturated carbocycles. The topological polar surface area (TPSA) is 83.7 Å². The fourth-order valence-electron chi connectivity index (χ4n) is 2.12. The number of hydrogen-bond acceptors (Lipinski definition) is 4. The maximum absolute atomic E-state index is 11.8. The summed E-state index contributed by atoms with van der Waals surface area (Å²) in [7, 11) is 0. The molecule has 1 aliphatic rings. The van der Waals surface area contributed by atoms with Gasteiger partial charge in [-0.3, -0.25) is 14.9 Å². The molecule has 1 aliphatic heterocycles. The predicted molar refractivity (Wildman–Crippen MR) is 65.4 cm³/mol. The quantitative estimate of drug-likeness (QED) is 0.646. The molecule has 96 valence electrons. The molecule has 6 heteroatoms. The van der Waals surface area contributed by atoms with Gasteiger partial charge >= 0.3 is 0 Å². The predicted octanol–water partition coefficient (Wildman–Crippen LogP) is 1.25. The Hall–Kier alpha value is -1.95. The SMILES string of the molecule is Cc1ccc(N2CC(CO)CC2=O)cc1[N+](=O)[O-]. The number of benzene rings is 1. The molecule has 1 N–H and O–H groups in total. The summed E-state index contributed by atoms with van der Waals surface area (Å²) in [6.45, 7) is 2.02. The third-order valence-electron chi connectivity index (χ3n) is 3.16. The second-order valence-corrected chi connectivity index (χ2v) is 4.48. The number of carbonyl (C=O) groups is 1. The lowest BCUT2D eigenvalue weighted by molar-refractivity contribution is -0.385. The molecule has 1 amide bonds. The van der Waals surface area contributed by atoms with Gasteiger partial charge < -0.3 is 10.0 Å². The molecule has 2 rings (SSSR count). The maximum Gasteiger partial charge on any atom is 0.274 e. The van der Waals surface area contributed by atoms with Gasteiger partial charge in [0.15, 0.2) is 0 Å². The summed E-state index contributed by atoms with van der Waals surface area (Å²) in [5, 5.41) is 19.9. The van der Waals surface area contributed by atoms with Crippen molar-refractivity contribution in [3.05, 3.63) is 33.9 Å². The summed E-state index contributed by atoms with van der Waals surface area (Å²) in [6, 6.07) is 4.74. The van der Waals surface area contributed by atoms with Crippen LogP contribution in [-0.2, 0) is 4.79 Å². The first-order chi connectivity index (χ1) is 8.52. The smallest absolute Gasteiger partial charge is 0.274 e. The molecule has 0 bridgehead atoms. The fourth-order valence-corrected chi connectivity index (χ4v) is 2.12. The average molecular weight is 250 g/mol. The average Bonchev–Trinajstić information content (AvgIpc) is 2.71. The normalized spacial score (nSPS) is 19.3. The van der Waals surface area contributed by atoms with E-state index in [2.05, 4.69) is 0 Å². The molecule has 1 unspecified atom stereocenters. The number of nitro benzene ring substituents is 1. The van der Waals surface area contributed by atoms with Crippen LogP contribution in [0.25, 0.3) is 0 Å². The number of amides is 1. The molecule has 1 heterocycles. The summed E-state index contributed by atoms with van der Waals surface area (Å²) >= 11 is 0. The zero-order valence-corrected chi connectivity index (χ0v) is 10.00. The maximum atomic E-state index is 11.8. The molecule has 18 heavy (non-hydrogen) atoms. The Bertz CT molecular complexity index is 501. The largest absolute Gasteiger partial charge is 0.396 e. The van der Waals surface area contributed by atoms with Crippen LogP contribution >= 0.6 is 0 Å². The Kier molecular flexibility index (Phi) is 3.29. The molecule has 0 aliphatic carbocycles. The van der Waals surface area contributed by atoms with Crippen molar-refractivity contribution in [2.24, 2.45) is 5.92 Å². The van der Waals surface area contributed by atoms with Crippen LogP contribution in [0.4, 0.5) is 11.4 Å². The minimum absolute atomic E-state index is 0.00717. The second-order valence-electron chi connectivity index (χ2n) is 4.48. The lowest BCUT2D eigenvalue weighted by Gasteiger charge is -2.16. The Morgan fingerprint density at radius 1 is 1.56 bits per heavy atom. The molecule has 6 nitrogen and oxygen atoms in total. The van der Waals surface area contributed by atoms with Crippen LogP contribution in [0.3, 0.4) is 0 Å². The van der Waals surface area contributed by atoms with Crippen LogP contribution < -0.4 is 4.90 Å². The van der Waals surface area contributed by atoms with Gasteiger partial charge in [-0.25, -0.2) is 0 Å². The van der Waals surface area contributed by atoms with Gasteiger partial charge in [0.25, 0.3) is 5.69 Å². The minimum atomic E-state index is -0.455. The molecule has 0 radical (unpaired) electrons. The summed E-state index contributed by atoms with van der Waals surface area (Å²) < 4.78 is 0. The summed E-state index contributed by atoms with van der Waals surface area (Å²) in [4.78, 5) is 23.6. The van der Waals surface area contributed by atoms with E-state index in [0.29, 0.717) is 17.8 Å². The molecule has 1 atom stereocenters. The van der Waals surface area contributed by atoms with Crippen molar-refractivity contribution in [2.75, 3.05) is 18.1 Å².